The number of nitro groups is 1. The number of esters is 1. The minimum atomic E-state index is -0.607. The smallest absolute Gasteiger partial charge is 0.362 e. The maximum absolute atomic E-state index is 11.2. The van der Waals surface area contributed by atoms with Gasteiger partial charge in [0.15, 0.2) is 5.03 Å². The van der Waals surface area contributed by atoms with Gasteiger partial charge in [-0.3, -0.25) is 14.9 Å². The van der Waals surface area contributed by atoms with Gasteiger partial charge < -0.3 is 9.47 Å². The van der Waals surface area contributed by atoms with Crippen LogP contribution in [0.4, 0.5) is 5.69 Å². The molecule has 0 amide bonds. The number of hydrogen-bond donors (Lipinski definition) is 0. The molecule has 1 atom stereocenters. The van der Waals surface area contributed by atoms with E-state index in [9.17, 15) is 14.9 Å². The number of methoxy groups -OCH3 is 2. The number of rotatable bonds is 6. The normalized spacial score (nSPS) is 11.7. The van der Waals surface area contributed by atoms with Crippen molar-refractivity contribution in [3.05, 3.63) is 16.4 Å². The van der Waals surface area contributed by atoms with Crippen molar-refractivity contribution in [3.63, 3.8) is 0 Å². The van der Waals surface area contributed by atoms with Gasteiger partial charge in [-0.25, -0.2) is 4.98 Å². The molecule has 0 aliphatic heterocycles. The molecule has 0 saturated carbocycles. The maximum atomic E-state index is 11.2. The van der Waals surface area contributed by atoms with Gasteiger partial charge in [0.05, 0.1) is 25.1 Å². The average molecular weight is 287 g/mol. The second-order valence-corrected chi connectivity index (χ2v) is 4.54. The summed E-state index contributed by atoms with van der Waals surface area (Å²) in [5, 5.41) is 11.1. The summed E-state index contributed by atoms with van der Waals surface area (Å²) in [6, 6.07) is 0. The summed E-state index contributed by atoms with van der Waals surface area (Å²) < 4.78 is 9.40. The number of ether oxygens (including phenoxy) is 2. The molecule has 1 rings (SSSR count). The summed E-state index contributed by atoms with van der Waals surface area (Å²) in [7, 11) is 2.58. The van der Waals surface area contributed by atoms with Crippen LogP contribution in [-0.2, 0) is 9.53 Å². The van der Waals surface area contributed by atoms with Gasteiger partial charge >= 0.3 is 11.7 Å². The molecular formula is C10H13N3O5S. The zero-order chi connectivity index (χ0) is 14.4. The van der Waals surface area contributed by atoms with Crippen LogP contribution in [-0.4, -0.2) is 40.8 Å². The Hall–Kier alpha value is -1.90. The van der Waals surface area contributed by atoms with E-state index in [-0.39, 0.29) is 22.6 Å². The lowest BCUT2D eigenvalue weighted by Crippen LogP contribution is -2.15. The van der Waals surface area contributed by atoms with Crippen LogP contribution in [0.3, 0.4) is 0 Å². The molecule has 1 unspecified atom stereocenters. The largest absolute Gasteiger partial charge is 0.476 e. The molecule has 0 aliphatic rings. The Labute approximate surface area is 113 Å². The number of carbonyl (C=O) groups excluding carboxylic acids is 1. The molecule has 8 nitrogen and oxygen atoms in total. The Bertz CT molecular complexity index is 482. The molecule has 0 spiro atoms. The zero-order valence-corrected chi connectivity index (χ0v) is 11.5. The van der Waals surface area contributed by atoms with Crippen LogP contribution in [0.2, 0.25) is 0 Å². The van der Waals surface area contributed by atoms with Gasteiger partial charge in [0.2, 0.25) is 0 Å². The fourth-order valence-corrected chi connectivity index (χ4v) is 2.20. The second kappa shape index (κ2) is 6.88. The number of hydrogen-bond acceptors (Lipinski definition) is 8. The van der Waals surface area contributed by atoms with E-state index in [0.717, 1.165) is 11.8 Å². The Morgan fingerprint density at radius 2 is 2.21 bits per heavy atom. The Morgan fingerprint density at radius 1 is 1.53 bits per heavy atom. The van der Waals surface area contributed by atoms with Crippen molar-refractivity contribution in [3.8, 4) is 5.88 Å². The van der Waals surface area contributed by atoms with Crippen molar-refractivity contribution in [2.45, 2.75) is 11.9 Å². The molecule has 1 heterocycles. The van der Waals surface area contributed by atoms with Gasteiger partial charge in [0.1, 0.15) is 6.33 Å². The summed E-state index contributed by atoms with van der Waals surface area (Å²) >= 11 is 1.08. The highest BCUT2D eigenvalue weighted by Gasteiger charge is 2.25. The van der Waals surface area contributed by atoms with Crippen LogP contribution >= 0.6 is 11.8 Å². The van der Waals surface area contributed by atoms with Crippen molar-refractivity contribution >= 4 is 23.4 Å². The molecule has 9 heteroatoms. The third-order valence-corrected chi connectivity index (χ3v) is 3.44. The summed E-state index contributed by atoms with van der Waals surface area (Å²) in [5.41, 5.74) is -0.299. The number of carbonyl (C=O) groups is 1. The zero-order valence-electron chi connectivity index (χ0n) is 10.7. The molecule has 0 aliphatic carbocycles. The Morgan fingerprint density at radius 3 is 2.74 bits per heavy atom. The van der Waals surface area contributed by atoms with Gasteiger partial charge in [0.25, 0.3) is 5.88 Å². The van der Waals surface area contributed by atoms with Gasteiger partial charge in [0, 0.05) is 5.75 Å². The first kappa shape index (κ1) is 15.2. The SMILES string of the molecule is COC(=O)C(C)CSc1ncnc(OC)c1[N+](=O)[O-]. The van der Waals surface area contributed by atoms with Gasteiger partial charge in [-0.2, -0.15) is 4.98 Å². The molecule has 0 saturated heterocycles. The summed E-state index contributed by atoms with van der Waals surface area (Å²) in [5.74, 6) is -0.562. The van der Waals surface area contributed by atoms with Crippen LogP contribution in [0, 0.1) is 16.0 Å². The molecule has 0 N–H and O–H groups in total. The summed E-state index contributed by atoms with van der Waals surface area (Å²) in [6.45, 7) is 1.67. The third kappa shape index (κ3) is 3.78. The fraction of sp³-hybridized carbons (Fsp3) is 0.500. The van der Waals surface area contributed by atoms with Crippen LogP contribution in [0.1, 0.15) is 6.92 Å². The standard InChI is InChI=1S/C10H13N3O5S/c1-6(10(14)18-3)4-19-9-7(13(15)16)8(17-2)11-5-12-9/h5-6H,4H2,1-3H3. The predicted molar refractivity (Wildman–Crippen MR) is 67.1 cm³/mol. The minimum Gasteiger partial charge on any atom is -0.476 e. The van der Waals surface area contributed by atoms with Crippen LogP contribution < -0.4 is 4.74 Å². The number of nitrogens with zero attached hydrogens (tertiary/aromatic N) is 3. The number of thioether (sulfide) groups is 1. The van der Waals surface area contributed by atoms with E-state index in [4.69, 9.17) is 4.74 Å². The summed E-state index contributed by atoms with van der Waals surface area (Å²) in [4.78, 5) is 29.1. The molecule has 1 aromatic rings. The van der Waals surface area contributed by atoms with E-state index < -0.39 is 10.8 Å². The van der Waals surface area contributed by atoms with Crippen molar-refractivity contribution in [1.29, 1.82) is 0 Å². The fourth-order valence-electron chi connectivity index (χ4n) is 1.23. The first-order chi connectivity index (χ1) is 9.01. The first-order valence-corrected chi connectivity index (χ1v) is 6.23. The maximum Gasteiger partial charge on any atom is 0.362 e. The van der Waals surface area contributed by atoms with Crippen LogP contribution in [0.5, 0.6) is 5.88 Å². The highest BCUT2D eigenvalue weighted by Crippen LogP contribution is 2.34. The molecule has 0 aromatic carbocycles. The van der Waals surface area contributed by atoms with Crippen molar-refractivity contribution in [2.75, 3.05) is 20.0 Å². The molecule has 19 heavy (non-hydrogen) atoms. The lowest BCUT2D eigenvalue weighted by atomic mass is 10.2. The van der Waals surface area contributed by atoms with Crippen LogP contribution in [0.25, 0.3) is 0 Å². The van der Waals surface area contributed by atoms with Crippen molar-refractivity contribution < 1.29 is 19.2 Å². The molecule has 0 bridgehead atoms. The highest BCUT2D eigenvalue weighted by atomic mass is 32.2. The molecular weight excluding hydrogens is 274 g/mol. The van der Waals surface area contributed by atoms with E-state index in [1.54, 1.807) is 6.92 Å². The van der Waals surface area contributed by atoms with Gasteiger partial charge in [-0.05, 0) is 0 Å². The molecule has 104 valence electrons. The molecule has 0 fully saturated rings. The van der Waals surface area contributed by atoms with E-state index in [2.05, 4.69) is 14.7 Å². The lowest BCUT2D eigenvalue weighted by molar-refractivity contribution is -0.389. The van der Waals surface area contributed by atoms with Crippen LogP contribution in [0.15, 0.2) is 11.4 Å². The lowest BCUT2D eigenvalue weighted by Gasteiger charge is -2.08. The van der Waals surface area contributed by atoms with E-state index in [1.165, 1.54) is 20.5 Å². The Kier molecular flexibility index (Phi) is 5.49. The second-order valence-electron chi connectivity index (χ2n) is 3.53. The van der Waals surface area contributed by atoms with Gasteiger partial charge in [-0.1, -0.05) is 18.7 Å². The van der Waals surface area contributed by atoms with Crippen molar-refractivity contribution in [2.24, 2.45) is 5.92 Å². The van der Waals surface area contributed by atoms with Crippen molar-refractivity contribution in [1.82, 2.24) is 9.97 Å². The minimum absolute atomic E-state index is 0.103. The number of aromatic nitrogens is 2. The quantitative estimate of drug-likeness (QED) is 0.253. The first-order valence-electron chi connectivity index (χ1n) is 5.25. The molecule has 0 radical (unpaired) electrons. The topological polar surface area (TPSA) is 104 Å². The van der Waals surface area contributed by atoms with Gasteiger partial charge in [-0.15, -0.1) is 0 Å². The third-order valence-electron chi connectivity index (χ3n) is 2.20. The Balaban J connectivity index is 2.89. The van der Waals surface area contributed by atoms with E-state index in [1.807, 2.05) is 0 Å². The highest BCUT2D eigenvalue weighted by molar-refractivity contribution is 7.99. The summed E-state index contributed by atoms with van der Waals surface area (Å²) in [6.07, 6.45) is 1.18. The van der Waals surface area contributed by atoms with E-state index in [0.29, 0.717) is 5.75 Å². The average Bonchev–Trinajstić information content (AvgIpc) is 2.42. The van der Waals surface area contributed by atoms with E-state index >= 15 is 0 Å². The molecule has 1 aromatic heterocycles. The monoisotopic (exact) mass is 287 g/mol. The predicted octanol–water partition coefficient (Wildman–Crippen LogP) is 1.29.